The van der Waals surface area contributed by atoms with Gasteiger partial charge in [0.1, 0.15) is 20.8 Å². The summed E-state index contributed by atoms with van der Waals surface area (Å²) in [5.74, 6) is 0. The number of hydrogen-bond donors (Lipinski definition) is 2. The van der Waals surface area contributed by atoms with Crippen LogP contribution in [-0.2, 0) is 9.84 Å². The zero-order valence-electron chi connectivity index (χ0n) is 9.23. The van der Waals surface area contributed by atoms with Gasteiger partial charge >= 0.3 is 0 Å². The third kappa shape index (κ3) is 2.46. The number of hydrogen-bond acceptors (Lipinski definition) is 6. The molecule has 5 nitrogen and oxygen atoms in total. The number of sulfone groups is 1. The average Bonchev–Trinajstić information content (AvgIpc) is 2.39. The van der Waals surface area contributed by atoms with E-state index in [-0.39, 0.29) is 21.5 Å². The van der Waals surface area contributed by atoms with Gasteiger partial charge in [-0.3, -0.25) is 0 Å². The van der Waals surface area contributed by atoms with E-state index in [1.54, 1.807) is 0 Å². The van der Waals surface area contributed by atoms with E-state index in [0.29, 0.717) is 5.00 Å². The minimum atomic E-state index is -3.43. The highest BCUT2D eigenvalue weighted by atomic mass is 32.2. The van der Waals surface area contributed by atoms with Crippen LogP contribution in [0.1, 0.15) is 18.7 Å². The van der Waals surface area contributed by atoms with Crippen LogP contribution in [0.4, 0.5) is 10.7 Å². The predicted molar refractivity (Wildman–Crippen MR) is 65.3 cm³/mol. The summed E-state index contributed by atoms with van der Waals surface area (Å²) in [7, 11) is -3.43. The van der Waals surface area contributed by atoms with E-state index >= 15 is 0 Å². The fraction of sp³-hybridized carbons (Fsp3) is 0.444. The van der Waals surface area contributed by atoms with Crippen LogP contribution >= 0.6 is 11.3 Å². The Labute approximate surface area is 98.8 Å². The highest BCUT2D eigenvalue weighted by Gasteiger charge is 2.24. The van der Waals surface area contributed by atoms with Gasteiger partial charge in [-0.2, -0.15) is 5.26 Å². The Morgan fingerprint density at radius 3 is 2.44 bits per heavy atom. The molecular weight excluding hydrogens is 246 g/mol. The van der Waals surface area contributed by atoms with Crippen molar-refractivity contribution in [2.75, 3.05) is 17.3 Å². The van der Waals surface area contributed by atoms with Crippen LogP contribution < -0.4 is 11.1 Å². The molecule has 7 heteroatoms. The summed E-state index contributed by atoms with van der Waals surface area (Å²) in [5.41, 5.74) is 5.69. The molecule has 1 aromatic heterocycles. The second-order valence-electron chi connectivity index (χ2n) is 3.69. The van der Waals surface area contributed by atoms with Crippen LogP contribution in [-0.4, -0.2) is 20.7 Å². The maximum Gasteiger partial charge on any atom is 0.180 e. The molecular formula is C9H13N3O2S2. The summed E-state index contributed by atoms with van der Waals surface area (Å²) in [5, 5.41) is 12.2. The largest absolute Gasteiger partial charge is 0.396 e. The van der Waals surface area contributed by atoms with E-state index in [2.05, 4.69) is 5.32 Å². The van der Waals surface area contributed by atoms with Gasteiger partial charge in [0, 0.05) is 12.3 Å². The molecule has 16 heavy (non-hydrogen) atoms. The number of thiophene rings is 1. The Hall–Kier alpha value is -1.26. The van der Waals surface area contributed by atoms with Gasteiger partial charge in [0.15, 0.2) is 9.84 Å². The molecule has 0 aliphatic rings. The average molecular weight is 259 g/mol. The smallest absolute Gasteiger partial charge is 0.180 e. The molecule has 0 bridgehead atoms. The van der Waals surface area contributed by atoms with Crippen molar-refractivity contribution < 1.29 is 8.42 Å². The highest BCUT2D eigenvalue weighted by Crippen LogP contribution is 2.38. The first-order chi connectivity index (χ1) is 7.27. The van der Waals surface area contributed by atoms with Crippen molar-refractivity contribution in [2.45, 2.75) is 24.8 Å². The zero-order valence-corrected chi connectivity index (χ0v) is 10.9. The second-order valence-corrected chi connectivity index (χ2v) is 6.66. The zero-order chi connectivity index (χ0) is 12.5. The molecule has 88 valence electrons. The van der Waals surface area contributed by atoms with Gasteiger partial charge in [0.25, 0.3) is 0 Å². The summed E-state index contributed by atoms with van der Waals surface area (Å²) in [6.07, 6.45) is 1.08. The molecule has 0 spiro atoms. The first kappa shape index (κ1) is 12.8. The molecule has 1 rings (SSSR count). The van der Waals surface area contributed by atoms with Gasteiger partial charge in [0.2, 0.25) is 0 Å². The quantitative estimate of drug-likeness (QED) is 0.856. The van der Waals surface area contributed by atoms with E-state index in [1.165, 1.54) is 0 Å². The Morgan fingerprint density at radius 2 is 2.06 bits per heavy atom. The lowest BCUT2D eigenvalue weighted by atomic mass is 10.4. The van der Waals surface area contributed by atoms with Crippen LogP contribution in [0.5, 0.6) is 0 Å². The van der Waals surface area contributed by atoms with Crippen LogP contribution in [0.15, 0.2) is 4.90 Å². The number of nitrogen functional groups attached to an aromatic ring is 1. The highest BCUT2D eigenvalue weighted by molar-refractivity contribution is 7.91. The molecule has 0 amide bonds. The molecule has 0 aromatic carbocycles. The SMILES string of the molecule is CC(C)Nc1sc(C#N)c(N)c1S(C)(=O)=O. The topological polar surface area (TPSA) is 96.0 Å². The van der Waals surface area contributed by atoms with Gasteiger partial charge in [-0.25, -0.2) is 8.42 Å². The van der Waals surface area contributed by atoms with Gasteiger partial charge in [-0.1, -0.05) is 0 Å². The van der Waals surface area contributed by atoms with Crippen molar-refractivity contribution in [3.8, 4) is 6.07 Å². The van der Waals surface area contributed by atoms with E-state index in [1.807, 2.05) is 19.9 Å². The summed E-state index contributed by atoms with van der Waals surface area (Å²) in [6, 6.07) is 1.96. The summed E-state index contributed by atoms with van der Waals surface area (Å²) >= 11 is 1.06. The van der Waals surface area contributed by atoms with Crippen molar-refractivity contribution in [1.82, 2.24) is 0 Å². The summed E-state index contributed by atoms with van der Waals surface area (Å²) in [4.78, 5) is 0.256. The number of anilines is 2. The fourth-order valence-electron chi connectivity index (χ4n) is 1.24. The molecule has 0 saturated carbocycles. The summed E-state index contributed by atoms with van der Waals surface area (Å²) in [6.45, 7) is 3.77. The molecule has 0 aliphatic carbocycles. The molecule has 0 saturated heterocycles. The molecule has 0 radical (unpaired) electrons. The molecule has 0 atom stereocenters. The van der Waals surface area contributed by atoms with Gasteiger partial charge in [-0.05, 0) is 13.8 Å². The Kier molecular flexibility index (Phi) is 3.45. The third-order valence-electron chi connectivity index (χ3n) is 1.79. The maximum atomic E-state index is 11.6. The van der Waals surface area contributed by atoms with Crippen LogP contribution in [0.25, 0.3) is 0 Å². The Balaban J connectivity index is 3.45. The second kappa shape index (κ2) is 4.31. The summed E-state index contributed by atoms with van der Waals surface area (Å²) < 4.78 is 23.1. The van der Waals surface area contributed by atoms with Gasteiger partial charge in [0.05, 0.1) is 5.69 Å². The predicted octanol–water partition coefficient (Wildman–Crippen LogP) is 1.43. The minimum Gasteiger partial charge on any atom is -0.396 e. The van der Waals surface area contributed by atoms with Gasteiger partial charge in [-0.15, -0.1) is 11.3 Å². The van der Waals surface area contributed by atoms with E-state index < -0.39 is 9.84 Å². The molecule has 0 aliphatic heterocycles. The third-order valence-corrected chi connectivity index (χ3v) is 4.13. The van der Waals surface area contributed by atoms with Crippen LogP contribution in [0, 0.1) is 11.3 Å². The Bertz CT molecular complexity index is 538. The normalized spacial score (nSPS) is 11.4. The Morgan fingerprint density at radius 1 is 1.50 bits per heavy atom. The monoisotopic (exact) mass is 259 g/mol. The number of nitrogens with one attached hydrogen (secondary N) is 1. The van der Waals surface area contributed by atoms with Crippen molar-refractivity contribution in [1.29, 1.82) is 5.26 Å². The molecule has 0 unspecified atom stereocenters. The van der Waals surface area contributed by atoms with E-state index in [0.717, 1.165) is 17.6 Å². The first-order valence-corrected chi connectivity index (χ1v) is 7.27. The van der Waals surface area contributed by atoms with Crippen molar-refractivity contribution in [3.63, 3.8) is 0 Å². The maximum absolute atomic E-state index is 11.6. The lowest BCUT2D eigenvalue weighted by Crippen LogP contribution is -2.11. The molecule has 0 fully saturated rings. The standard InChI is InChI=1S/C9H13N3O2S2/c1-5(2)12-9-8(16(3,13)14)7(11)6(4-10)15-9/h5,12H,11H2,1-3H3. The van der Waals surface area contributed by atoms with E-state index in [9.17, 15) is 8.42 Å². The van der Waals surface area contributed by atoms with Gasteiger partial charge < -0.3 is 11.1 Å². The van der Waals surface area contributed by atoms with Crippen molar-refractivity contribution in [3.05, 3.63) is 4.88 Å². The lowest BCUT2D eigenvalue weighted by Gasteiger charge is -2.09. The molecule has 1 aromatic rings. The molecule has 3 N–H and O–H groups in total. The number of rotatable bonds is 3. The van der Waals surface area contributed by atoms with Crippen molar-refractivity contribution >= 4 is 31.9 Å². The van der Waals surface area contributed by atoms with Crippen LogP contribution in [0.2, 0.25) is 0 Å². The van der Waals surface area contributed by atoms with Crippen molar-refractivity contribution in [2.24, 2.45) is 0 Å². The fourth-order valence-corrected chi connectivity index (χ4v) is 3.74. The molecule has 1 heterocycles. The number of nitriles is 1. The minimum absolute atomic E-state index is 0.0303. The number of nitrogens with two attached hydrogens (primary N) is 1. The van der Waals surface area contributed by atoms with E-state index in [4.69, 9.17) is 11.0 Å². The van der Waals surface area contributed by atoms with Crippen LogP contribution in [0.3, 0.4) is 0 Å². The lowest BCUT2D eigenvalue weighted by molar-refractivity contribution is 0.602. The number of nitrogens with zero attached hydrogens (tertiary/aromatic N) is 1. The first-order valence-electron chi connectivity index (χ1n) is 4.56.